The summed E-state index contributed by atoms with van der Waals surface area (Å²) in [6.45, 7) is 0.546. The van der Waals surface area contributed by atoms with Crippen LogP contribution >= 0.6 is 0 Å². The predicted molar refractivity (Wildman–Crippen MR) is 98.2 cm³/mol. The smallest absolute Gasteiger partial charge is 0.272 e. The Bertz CT molecular complexity index is 916. The van der Waals surface area contributed by atoms with E-state index in [9.17, 15) is 13.6 Å². The van der Waals surface area contributed by atoms with Gasteiger partial charge < -0.3 is 10.6 Å². The highest BCUT2D eigenvalue weighted by atomic mass is 19.1. The van der Waals surface area contributed by atoms with Crippen LogP contribution in [-0.2, 0) is 13.0 Å². The Morgan fingerprint density at radius 2 is 1.52 bits per heavy atom. The summed E-state index contributed by atoms with van der Waals surface area (Å²) >= 11 is 0. The zero-order valence-electron chi connectivity index (χ0n) is 14.5. The second-order valence-electron chi connectivity index (χ2n) is 5.85. The summed E-state index contributed by atoms with van der Waals surface area (Å²) in [6, 6.07) is 15.9. The minimum absolute atomic E-state index is 0.0653. The quantitative estimate of drug-likeness (QED) is 0.671. The van der Waals surface area contributed by atoms with Gasteiger partial charge in [0.15, 0.2) is 5.69 Å². The lowest BCUT2D eigenvalue weighted by Gasteiger charge is -2.07. The Morgan fingerprint density at radius 1 is 0.852 bits per heavy atom. The first kappa shape index (κ1) is 18.4. The number of rotatable bonds is 7. The lowest BCUT2D eigenvalue weighted by atomic mass is 10.1. The number of carbonyl (C=O) groups is 1. The summed E-state index contributed by atoms with van der Waals surface area (Å²) in [5.74, 6) is -0.578. The third kappa shape index (κ3) is 5.07. The molecule has 0 aliphatic heterocycles. The average molecular weight is 368 g/mol. The van der Waals surface area contributed by atoms with Crippen molar-refractivity contribution >= 4 is 11.7 Å². The lowest BCUT2D eigenvalue weighted by Crippen LogP contribution is -2.24. The number of benzene rings is 2. The molecule has 0 bridgehead atoms. The fourth-order valence-corrected chi connectivity index (χ4v) is 2.48. The standard InChI is InChI=1S/C20H18F2N4O/c21-16-7-3-1-5-14(16)11-12-23-19-10-9-18(25-26-19)20(27)24-13-15-6-2-4-8-17(15)22/h1-10H,11-13H2,(H,23,26)(H,24,27). The lowest BCUT2D eigenvalue weighted by molar-refractivity contribution is 0.0944. The predicted octanol–water partition coefficient (Wildman–Crippen LogP) is 3.34. The van der Waals surface area contributed by atoms with E-state index in [1.807, 2.05) is 0 Å². The molecule has 0 saturated heterocycles. The summed E-state index contributed by atoms with van der Waals surface area (Å²) in [6.07, 6.45) is 0.499. The Kier molecular flexibility index (Phi) is 6.04. The van der Waals surface area contributed by atoms with Gasteiger partial charge in [0.25, 0.3) is 5.91 Å². The third-order valence-electron chi connectivity index (χ3n) is 3.95. The molecule has 2 aromatic carbocycles. The fraction of sp³-hybridized carbons (Fsp3) is 0.150. The molecule has 0 aliphatic carbocycles. The number of nitrogens with zero attached hydrogens (tertiary/aromatic N) is 2. The Labute approximate surface area is 155 Å². The van der Waals surface area contributed by atoms with Gasteiger partial charge >= 0.3 is 0 Å². The SMILES string of the molecule is O=C(NCc1ccccc1F)c1ccc(NCCc2ccccc2F)nn1. The van der Waals surface area contributed by atoms with Crippen molar-refractivity contribution in [1.29, 1.82) is 0 Å². The number of nitrogens with one attached hydrogen (secondary N) is 2. The van der Waals surface area contributed by atoms with E-state index in [0.717, 1.165) is 0 Å². The molecule has 0 aliphatic rings. The zero-order chi connectivity index (χ0) is 19.1. The van der Waals surface area contributed by atoms with E-state index in [2.05, 4.69) is 20.8 Å². The van der Waals surface area contributed by atoms with Gasteiger partial charge in [-0.3, -0.25) is 4.79 Å². The molecule has 7 heteroatoms. The molecule has 2 N–H and O–H groups in total. The fourth-order valence-electron chi connectivity index (χ4n) is 2.48. The molecule has 27 heavy (non-hydrogen) atoms. The van der Waals surface area contributed by atoms with Crippen LogP contribution in [0.1, 0.15) is 21.6 Å². The number of carbonyl (C=O) groups excluding carboxylic acids is 1. The van der Waals surface area contributed by atoms with E-state index in [1.165, 1.54) is 18.2 Å². The van der Waals surface area contributed by atoms with Gasteiger partial charge in [-0.25, -0.2) is 8.78 Å². The topological polar surface area (TPSA) is 66.9 Å². The van der Waals surface area contributed by atoms with Gasteiger partial charge in [-0.05, 0) is 36.2 Å². The van der Waals surface area contributed by atoms with Crippen molar-refractivity contribution in [1.82, 2.24) is 15.5 Å². The van der Waals surface area contributed by atoms with E-state index < -0.39 is 5.91 Å². The van der Waals surface area contributed by atoms with Crippen LogP contribution in [0.4, 0.5) is 14.6 Å². The Balaban J connectivity index is 1.50. The molecule has 0 radical (unpaired) electrons. The second kappa shape index (κ2) is 8.84. The number of hydrogen-bond donors (Lipinski definition) is 2. The minimum atomic E-state index is -0.441. The molecule has 3 rings (SSSR count). The Morgan fingerprint density at radius 3 is 2.15 bits per heavy atom. The Hall–Kier alpha value is -3.35. The zero-order valence-corrected chi connectivity index (χ0v) is 14.5. The summed E-state index contributed by atoms with van der Waals surface area (Å²) in [5.41, 5.74) is 1.14. The normalized spacial score (nSPS) is 10.4. The first-order valence-corrected chi connectivity index (χ1v) is 8.46. The van der Waals surface area contributed by atoms with Crippen LogP contribution in [0.5, 0.6) is 0 Å². The van der Waals surface area contributed by atoms with Crippen LogP contribution < -0.4 is 10.6 Å². The van der Waals surface area contributed by atoms with Crippen molar-refractivity contribution in [2.45, 2.75) is 13.0 Å². The highest BCUT2D eigenvalue weighted by Crippen LogP contribution is 2.09. The molecule has 3 aromatic rings. The van der Waals surface area contributed by atoms with Crippen molar-refractivity contribution in [3.05, 3.63) is 89.1 Å². The van der Waals surface area contributed by atoms with Gasteiger partial charge in [0.2, 0.25) is 0 Å². The first-order chi connectivity index (χ1) is 13.1. The van der Waals surface area contributed by atoms with E-state index in [4.69, 9.17) is 0 Å². The van der Waals surface area contributed by atoms with Crippen molar-refractivity contribution in [3.8, 4) is 0 Å². The van der Waals surface area contributed by atoms with Gasteiger partial charge in [-0.2, -0.15) is 0 Å². The van der Waals surface area contributed by atoms with Crippen LogP contribution in [0.15, 0.2) is 60.7 Å². The average Bonchev–Trinajstić information content (AvgIpc) is 2.69. The molecule has 0 fully saturated rings. The van der Waals surface area contributed by atoms with Gasteiger partial charge in [-0.15, -0.1) is 10.2 Å². The minimum Gasteiger partial charge on any atom is -0.368 e. The molecule has 1 aromatic heterocycles. The van der Waals surface area contributed by atoms with Gasteiger partial charge in [0.1, 0.15) is 17.5 Å². The molecule has 1 heterocycles. The first-order valence-electron chi connectivity index (χ1n) is 8.46. The molecule has 0 unspecified atom stereocenters. The van der Waals surface area contributed by atoms with Crippen LogP contribution in [0, 0.1) is 11.6 Å². The molecule has 0 saturated carbocycles. The van der Waals surface area contributed by atoms with Crippen molar-refractivity contribution in [2.24, 2.45) is 0 Å². The molecular formula is C20H18F2N4O. The molecule has 138 valence electrons. The maximum absolute atomic E-state index is 13.6. The van der Waals surface area contributed by atoms with E-state index in [-0.39, 0.29) is 23.9 Å². The monoisotopic (exact) mass is 368 g/mol. The number of anilines is 1. The maximum Gasteiger partial charge on any atom is 0.272 e. The van der Waals surface area contributed by atoms with Crippen molar-refractivity contribution in [2.75, 3.05) is 11.9 Å². The van der Waals surface area contributed by atoms with Crippen molar-refractivity contribution < 1.29 is 13.6 Å². The van der Waals surface area contributed by atoms with Crippen molar-refractivity contribution in [3.63, 3.8) is 0 Å². The third-order valence-corrected chi connectivity index (χ3v) is 3.95. The second-order valence-corrected chi connectivity index (χ2v) is 5.85. The number of hydrogen-bond acceptors (Lipinski definition) is 4. The summed E-state index contributed by atoms with van der Waals surface area (Å²) in [7, 11) is 0. The molecular weight excluding hydrogens is 350 g/mol. The van der Waals surface area contributed by atoms with Crippen LogP contribution in [0.2, 0.25) is 0 Å². The number of amides is 1. The highest BCUT2D eigenvalue weighted by Gasteiger charge is 2.09. The molecule has 0 spiro atoms. The summed E-state index contributed by atoms with van der Waals surface area (Å²) < 4.78 is 27.1. The van der Waals surface area contributed by atoms with Crippen LogP contribution in [0.3, 0.4) is 0 Å². The number of halogens is 2. The van der Waals surface area contributed by atoms with E-state index in [1.54, 1.807) is 42.5 Å². The molecule has 5 nitrogen and oxygen atoms in total. The van der Waals surface area contributed by atoms with Gasteiger partial charge in [0, 0.05) is 18.7 Å². The summed E-state index contributed by atoms with van der Waals surface area (Å²) in [5, 5.41) is 13.4. The van der Waals surface area contributed by atoms with Gasteiger partial charge in [0.05, 0.1) is 0 Å². The van der Waals surface area contributed by atoms with E-state index >= 15 is 0 Å². The number of aromatic nitrogens is 2. The summed E-state index contributed by atoms with van der Waals surface area (Å²) in [4.78, 5) is 12.1. The molecule has 0 atom stereocenters. The van der Waals surface area contributed by atoms with Crippen LogP contribution in [0.25, 0.3) is 0 Å². The van der Waals surface area contributed by atoms with E-state index in [0.29, 0.717) is 29.9 Å². The highest BCUT2D eigenvalue weighted by molar-refractivity contribution is 5.92. The van der Waals surface area contributed by atoms with Crippen LogP contribution in [-0.4, -0.2) is 22.6 Å². The molecule has 1 amide bonds. The largest absolute Gasteiger partial charge is 0.368 e. The van der Waals surface area contributed by atoms with Gasteiger partial charge in [-0.1, -0.05) is 36.4 Å². The maximum atomic E-state index is 13.6.